The summed E-state index contributed by atoms with van der Waals surface area (Å²) in [5.41, 5.74) is 7.16. The molecule has 1 aromatic heterocycles. The third-order valence-corrected chi connectivity index (χ3v) is 3.55. The first-order chi connectivity index (χ1) is 10.2. The summed E-state index contributed by atoms with van der Waals surface area (Å²) in [5.74, 6) is 1.48. The molecule has 3 N–H and O–H groups in total. The SMILES string of the molecule is COc1ccc2ccnc(Nc3cc(N)ccc3Cl)c2c1. The summed E-state index contributed by atoms with van der Waals surface area (Å²) in [7, 11) is 1.64. The number of methoxy groups -OCH3 is 1. The van der Waals surface area contributed by atoms with E-state index in [1.165, 1.54) is 0 Å². The highest BCUT2D eigenvalue weighted by Crippen LogP contribution is 2.31. The molecule has 0 atom stereocenters. The number of ether oxygens (including phenoxy) is 1. The van der Waals surface area contributed by atoms with E-state index < -0.39 is 0 Å². The third-order valence-electron chi connectivity index (χ3n) is 3.22. The molecule has 3 aromatic rings. The highest BCUT2D eigenvalue weighted by molar-refractivity contribution is 6.33. The van der Waals surface area contributed by atoms with Crippen molar-refractivity contribution in [3.8, 4) is 5.75 Å². The fourth-order valence-electron chi connectivity index (χ4n) is 2.14. The zero-order valence-corrected chi connectivity index (χ0v) is 12.2. The summed E-state index contributed by atoms with van der Waals surface area (Å²) in [6.07, 6.45) is 1.75. The van der Waals surface area contributed by atoms with Gasteiger partial charge < -0.3 is 15.8 Å². The lowest BCUT2D eigenvalue weighted by Crippen LogP contribution is -1.97. The Morgan fingerprint density at radius 3 is 2.81 bits per heavy atom. The maximum Gasteiger partial charge on any atom is 0.138 e. The van der Waals surface area contributed by atoms with Crippen LogP contribution < -0.4 is 15.8 Å². The Labute approximate surface area is 127 Å². The molecule has 0 radical (unpaired) electrons. The van der Waals surface area contributed by atoms with Crippen molar-refractivity contribution in [2.24, 2.45) is 0 Å². The van der Waals surface area contributed by atoms with E-state index in [0.29, 0.717) is 16.5 Å². The van der Waals surface area contributed by atoms with Crippen LogP contribution >= 0.6 is 11.6 Å². The van der Waals surface area contributed by atoms with Crippen LogP contribution in [0.15, 0.2) is 48.7 Å². The Hall–Kier alpha value is -2.46. The van der Waals surface area contributed by atoms with E-state index >= 15 is 0 Å². The van der Waals surface area contributed by atoms with Crippen LogP contribution in [0.4, 0.5) is 17.2 Å². The number of anilines is 3. The number of hydrogen-bond acceptors (Lipinski definition) is 4. The molecule has 0 aliphatic carbocycles. The molecule has 0 unspecified atom stereocenters. The summed E-state index contributed by atoms with van der Waals surface area (Å²) in [4.78, 5) is 4.38. The van der Waals surface area contributed by atoms with Crippen LogP contribution in [0, 0.1) is 0 Å². The second-order valence-corrected chi connectivity index (χ2v) is 5.02. The molecule has 0 fully saturated rings. The van der Waals surface area contributed by atoms with Crippen LogP contribution in [-0.2, 0) is 0 Å². The standard InChI is InChI=1S/C16H14ClN3O/c1-21-12-4-2-10-6-7-19-16(13(10)9-12)20-15-8-11(18)3-5-14(15)17/h2-9H,18H2,1H3,(H,19,20). The van der Waals surface area contributed by atoms with E-state index in [4.69, 9.17) is 22.1 Å². The lowest BCUT2D eigenvalue weighted by molar-refractivity contribution is 0.415. The van der Waals surface area contributed by atoms with Crippen LogP contribution in [-0.4, -0.2) is 12.1 Å². The Balaban J connectivity index is 2.09. The van der Waals surface area contributed by atoms with Crippen molar-refractivity contribution in [2.45, 2.75) is 0 Å². The monoisotopic (exact) mass is 299 g/mol. The number of pyridine rings is 1. The summed E-state index contributed by atoms with van der Waals surface area (Å²) in [6.45, 7) is 0. The Morgan fingerprint density at radius 2 is 2.00 bits per heavy atom. The quantitative estimate of drug-likeness (QED) is 0.711. The highest BCUT2D eigenvalue weighted by atomic mass is 35.5. The molecule has 0 spiro atoms. The maximum absolute atomic E-state index is 6.19. The third kappa shape index (κ3) is 2.71. The molecular formula is C16H14ClN3O. The fourth-order valence-corrected chi connectivity index (χ4v) is 2.31. The van der Waals surface area contributed by atoms with Gasteiger partial charge in [0.15, 0.2) is 0 Å². The summed E-state index contributed by atoms with van der Waals surface area (Å²) in [5, 5.41) is 5.83. The number of hydrogen-bond donors (Lipinski definition) is 2. The van der Waals surface area contributed by atoms with Crippen LogP contribution in [0.5, 0.6) is 5.75 Å². The first kappa shape index (κ1) is 13.5. The molecule has 106 valence electrons. The normalized spacial score (nSPS) is 10.6. The zero-order chi connectivity index (χ0) is 14.8. The van der Waals surface area contributed by atoms with Crippen molar-refractivity contribution < 1.29 is 4.74 Å². The van der Waals surface area contributed by atoms with E-state index in [0.717, 1.165) is 22.2 Å². The van der Waals surface area contributed by atoms with Gasteiger partial charge in [0.1, 0.15) is 11.6 Å². The number of rotatable bonds is 3. The van der Waals surface area contributed by atoms with E-state index in [9.17, 15) is 0 Å². The number of nitrogen functional groups attached to an aromatic ring is 1. The van der Waals surface area contributed by atoms with Crippen LogP contribution in [0.3, 0.4) is 0 Å². The first-order valence-electron chi connectivity index (χ1n) is 6.42. The smallest absolute Gasteiger partial charge is 0.138 e. The number of nitrogens with zero attached hydrogens (tertiary/aromatic N) is 1. The topological polar surface area (TPSA) is 60.2 Å². The average molecular weight is 300 g/mol. The minimum Gasteiger partial charge on any atom is -0.497 e. The molecule has 0 aliphatic rings. The van der Waals surface area contributed by atoms with Crippen molar-refractivity contribution >= 4 is 39.6 Å². The number of fused-ring (bicyclic) bond motifs is 1. The van der Waals surface area contributed by atoms with Gasteiger partial charge in [-0.25, -0.2) is 4.98 Å². The molecule has 0 bridgehead atoms. The number of benzene rings is 2. The van der Waals surface area contributed by atoms with Crippen molar-refractivity contribution in [2.75, 3.05) is 18.2 Å². The second kappa shape index (κ2) is 5.50. The molecule has 3 rings (SSSR count). The minimum atomic E-state index is 0.589. The van der Waals surface area contributed by atoms with Gasteiger partial charge in [0, 0.05) is 17.3 Å². The molecule has 1 heterocycles. The Bertz CT molecular complexity index is 805. The minimum absolute atomic E-state index is 0.589. The number of nitrogens with two attached hydrogens (primary N) is 1. The van der Waals surface area contributed by atoms with Crippen LogP contribution in [0.25, 0.3) is 10.8 Å². The van der Waals surface area contributed by atoms with E-state index in [1.54, 1.807) is 31.5 Å². The summed E-state index contributed by atoms with van der Waals surface area (Å²) < 4.78 is 5.27. The van der Waals surface area contributed by atoms with Gasteiger partial charge in [0.25, 0.3) is 0 Å². The summed E-state index contributed by atoms with van der Waals surface area (Å²) in [6, 6.07) is 13.1. The van der Waals surface area contributed by atoms with Crippen LogP contribution in [0.2, 0.25) is 5.02 Å². The molecule has 21 heavy (non-hydrogen) atoms. The molecule has 4 nitrogen and oxygen atoms in total. The fraction of sp³-hybridized carbons (Fsp3) is 0.0625. The number of aromatic nitrogens is 1. The van der Waals surface area contributed by atoms with Crippen molar-refractivity contribution in [1.82, 2.24) is 4.98 Å². The van der Waals surface area contributed by atoms with E-state index in [1.807, 2.05) is 24.3 Å². The van der Waals surface area contributed by atoms with Gasteiger partial charge in [-0.2, -0.15) is 0 Å². The highest BCUT2D eigenvalue weighted by Gasteiger charge is 2.07. The number of halogens is 1. The molecule has 0 saturated carbocycles. The lowest BCUT2D eigenvalue weighted by atomic mass is 10.1. The van der Waals surface area contributed by atoms with Gasteiger partial charge in [-0.3, -0.25) is 0 Å². The molecule has 0 aliphatic heterocycles. The first-order valence-corrected chi connectivity index (χ1v) is 6.80. The maximum atomic E-state index is 6.19. The predicted octanol–water partition coefficient (Wildman–Crippen LogP) is 4.22. The molecule has 0 amide bonds. The van der Waals surface area contributed by atoms with E-state index in [2.05, 4.69) is 10.3 Å². The van der Waals surface area contributed by atoms with E-state index in [-0.39, 0.29) is 0 Å². The number of nitrogens with one attached hydrogen (secondary N) is 1. The Morgan fingerprint density at radius 1 is 1.14 bits per heavy atom. The van der Waals surface area contributed by atoms with Gasteiger partial charge in [-0.1, -0.05) is 17.7 Å². The molecule has 0 saturated heterocycles. The average Bonchev–Trinajstić information content (AvgIpc) is 2.51. The predicted molar refractivity (Wildman–Crippen MR) is 87.4 cm³/mol. The van der Waals surface area contributed by atoms with Gasteiger partial charge in [0.05, 0.1) is 17.8 Å². The van der Waals surface area contributed by atoms with Crippen molar-refractivity contribution in [3.05, 3.63) is 53.7 Å². The van der Waals surface area contributed by atoms with Gasteiger partial charge >= 0.3 is 0 Å². The summed E-state index contributed by atoms with van der Waals surface area (Å²) >= 11 is 6.19. The zero-order valence-electron chi connectivity index (χ0n) is 11.4. The van der Waals surface area contributed by atoms with Crippen molar-refractivity contribution in [3.63, 3.8) is 0 Å². The molecular weight excluding hydrogens is 286 g/mol. The largest absolute Gasteiger partial charge is 0.497 e. The second-order valence-electron chi connectivity index (χ2n) is 4.61. The molecule has 2 aromatic carbocycles. The Kier molecular flexibility index (Phi) is 3.54. The van der Waals surface area contributed by atoms with Crippen molar-refractivity contribution in [1.29, 1.82) is 0 Å². The molecule has 5 heteroatoms. The van der Waals surface area contributed by atoms with Gasteiger partial charge in [-0.15, -0.1) is 0 Å². The van der Waals surface area contributed by atoms with Gasteiger partial charge in [-0.05, 0) is 41.8 Å². The van der Waals surface area contributed by atoms with Crippen LogP contribution in [0.1, 0.15) is 0 Å². The lowest BCUT2D eigenvalue weighted by Gasteiger charge is -2.11. The van der Waals surface area contributed by atoms with Gasteiger partial charge in [0.2, 0.25) is 0 Å².